The molecule has 1 aromatic heterocycles. The second-order valence-corrected chi connectivity index (χ2v) is 7.97. The smallest absolute Gasteiger partial charge is 0.277 e. The van der Waals surface area contributed by atoms with Crippen LogP contribution < -0.4 is 0 Å². The summed E-state index contributed by atoms with van der Waals surface area (Å²) in [5.41, 5.74) is 2.42. The molecule has 7 nitrogen and oxygen atoms in total. The minimum atomic E-state index is -0.470. The van der Waals surface area contributed by atoms with E-state index >= 15 is 0 Å². The molecule has 1 aliphatic carbocycles. The first-order valence-corrected chi connectivity index (χ1v) is 9.94. The first-order valence-electron chi connectivity index (χ1n) is 9.94. The van der Waals surface area contributed by atoms with Crippen LogP contribution in [-0.4, -0.2) is 63.4 Å². The molecule has 0 unspecified atom stereocenters. The number of aliphatic hydroxyl groups excluding tert-OH is 1. The predicted octanol–water partition coefficient (Wildman–Crippen LogP) is 1.92. The number of carbonyl (C=O) groups excluding carboxylic acids is 1. The van der Waals surface area contributed by atoms with Crippen LogP contribution in [0.5, 0.6) is 0 Å². The van der Waals surface area contributed by atoms with Crippen molar-refractivity contribution >= 4 is 5.91 Å². The molecule has 0 radical (unpaired) electrons. The average molecular weight is 380 g/mol. The maximum absolute atomic E-state index is 12.6. The van der Waals surface area contributed by atoms with E-state index in [0.29, 0.717) is 13.1 Å². The summed E-state index contributed by atoms with van der Waals surface area (Å²) < 4.78 is 4.57. The quantitative estimate of drug-likeness (QED) is 0.802. The maximum atomic E-state index is 12.6. The Morgan fingerprint density at radius 3 is 2.71 bits per heavy atom. The lowest BCUT2D eigenvalue weighted by molar-refractivity contribution is -0.0115. The molecule has 5 rings (SSSR count). The van der Waals surface area contributed by atoms with Crippen molar-refractivity contribution in [1.29, 1.82) is 0 Å². The molecule has 2 aromatic rings. The molecule has 1 amide bonds. The zero-order valence-corrected chi connectivity index (χ0v) is 15.7. The monoisotopic (exact) mass is 380 g/mol. The largest absolute Gasteiger partial charge is 0.390 e. The number of benzene rings is 1. The zero-order chi connectivity index (χ0) is 19.1. The van der Waals surface area contributed by atoms with Crippen molar-refractivity contribution in [2.24, 2.45) is 0 Å². The van der Waals surface area contributed by atoms with Gasteiger partial charge in [-0.15, -0.1) is 0 Å². The number of hydrogen-bond donors (Lipinski definition) is 1. The van der Waals surface area contributed by atoms with Crippen molar-refractivity contribution in [3.05, 3.63) is 59.4 Å². The Balaban J connectivity index is 1.42. The van der Waals surface area contributed by atoms with Gasteiger partial charge < -0.3 is 10.0 Å². The Hall–Kier alpha value is -2.51. The van der Waals surface area contributed by atoms with Gasteiger partial charge in [-0.1, -0.05) is 41.6 Å². The first kappa shape index (κ1) is 17.6. The zero-order valence-electron chi connectivity index (χ0n) is 15.7. The van der Waals surface area contributed by atoms with Crippen LogP contribution in [0.15, 0.2) is 47.2 Å². The van der Waals surface area contributed by atoms with Gasteiger partial charge in [0.15, 0.2) is 5.69 Å². The molecule has 3 aliphatic rings. The molecule has 1 spiro atoms. The number of likely N-dealkylation sites (tertiary alicyclic amines) is 1. The van der Waals surface area contributed by atoms with E-state index in [1.54, 1.807) is 4.90 Å². The fraction of sp³-hybridized carbons (Fsp3) is 0.476. The molecular weight excluding hydrogens is 356 g/mol. The van der Waals surface area contributed by atoms with Crippen molar-refractivity contribution in [2.45, 2.75) is 36.8 Å². The second kappa shape index (κ2) is 6.83. The Morgan fingerprint density at radius 2 is 2.00 bits per heavy atom. The average Bonchev–Trinajstić information content (AvgIpc) is 3.36. The lowest BCUT2D eigenvalue weighted by atomic mass is 9.72. The number of rotatable bonds is 2. The van der Waals surface area contributed by atoms with E-state index in [-0.39, 0.29) is 23.1 Å². The van der Waals surface area contributed by atoms with Gasteiger partial charge in [0.2, 0.25) is 0 Å². The van der Waals surface area contributed by atoms with E-state index in [1.165, 1.54) is 17.3 Å². The van der Waals surface area contributed by atoms with Gasteiger partial charge in [0, 0.05) is 31.6 Å². The van der Waals surface area contributed by atoms with Gasteiger partial charge >= 0.3 is 0 Å². The van der Waals surface area contributed by atoms with E-state index in [2.05, 4.69) is 56.3 Å². The summed E-state index contributed by atoms with van der Waals surface area (Å²) in [7, 11) is 0. The number of carbonyl (C=O) groups is 1. The molecule has 0 bridgehead atoms. The van der Waals surface area contributed by atoms with Crippen LogP contribution in [0.1, 0.15) is 46.9 Å². The van der Waals surface area contributed by atoms with Crippen LogP contribution in [0.4, 0.5) is 0 Å². The second-order valence-electron chi connectivity index (χ2n) is 7.97. The van der Waals surface area contributed by atoms with Crippen molar-refractivity contribution in [2.75, 3.05) is 26.2 Å². The van der Waals surface area contributed by atoms with E-state index in [0.717, 1.165) is 32.4 Å². The highest BCUT2D eigenvalue weighted by Gasteiger charge is 2.54. The van der Waals surface area contributed by atoms with E-state index in [9.17, 15) is 9.90 Å². The number of amides is 1. The number of aliphatic hydroxyl groups is 1. The van der Waals surface area contributed by atoms with Crippen molar-refractivity contribution in [3.63, 3.8) is 0 Å². The molecule has 2 aliphatic heterocycles. The van der Waals surface area contributed by atoms with Crippen LogP contribution in [0, 0.1) is 0 Å². The van der Waals surface area contributed by atoms with Crippen LogP contribution in [-0.2, 0) is 5.41 Å². The van der Waals surface area contributed by atoms with Gasteiger partial charge in [0.25, 0.3) is 5.91 Å². The van der Waals surface area contributed by atoms with Crippen LogP contribution in [0.2, 0.25) is 0 Å². The fourth-order valence-electron chi connectivity index (χ4n) is 5.24. The topological polar surface area (TPSA) is 82.7 Å². The van der Waals surface area contributed by atoms with Gasteiger partial charge in [-0.3, -0.25) is 9.69 Å². The first-order chi connectivity index (χ1) is 13.7. The maximum Gasteiger partial charge on any atom is 0.277 e. The van der Waals surface area contributed by atoms with Crippen molar-refractivity contribution in [1.82, 2.24) is 20.1 Å². The molecule has 1 fully saturated rings. The summed E-state index contributed by atoms with van der Waals surface area (Å²) in [4.78, 5) is 16.8. The minimum Gasteiger partial charge on any atom is -0.390 e. The van der Waals surface area contributed by atoms with Gasteiger partial charge in [-0.2, -0.15) is 0 Å². The Labute approximate surface area is 163 Å². The van der Waals surface area contributed by atoms with Gasteiger partial charge in [-0.05, 0) is 35.5 Å². The molecule has 28 heavy (non-hydrogen) atoms. The number of fused-ring (bicyclic) bond motifs is 2. The predicted molar refractivity (Wildman–Crippen MR) is 102 cm³/mol. The molecule has 1 saturated heterocycles. The Bertz CT molecular complexity index is 887. The normalized spacial score (nSPS) is 26.5. The van der Waals surface area contributed by atoms with Crippen molar-refractivity contribution < 1.29 is 14.5 Å². The molecule has 1 aromatic carbocycles. The Kier molecular flexibility index (Phi) is 4.29. The summed E-state index contributed by atoms with van der Waals surface area (Å²) in [5.74, 6) is -0.158. The summed E-state index contributed by atoms with van der Waals surface area (Å²) >= 11 is 0. The van der Waals surface area contributed by atoms with Gasteiger partial charge in [0.05, 0.1) is 12.1 Å². The van der Waals surface area contributed by atoms with Crippen LogP contribution in [0.3, 0.4) is 0 Å². The standard InChI is InChI=1S/C21H24N4O3/c26-19-18(24-10-4-1-5-11-24)15-6-2-3-7-16(15)21(19)8-12-25(13-9-21)20(27)17-14-22-28-23-17/h1-4,6-7,14,18-19,26H,5,8-13H2/t18-,19+/m1/s1. The highest BCUT2D eigenvalue weighted by atomic mass is 16.6. The lowest BCUT2D eigenvalue weighted by Gasteiger charge is -2.44. The van der Waals surface area contributed by atoms with Crippen LogP contribution in [0.25, 0.3) is 0 Å². The summed E-state index contributed by atoms with van der Waals surface area (Å²) in [5, 5.41) is 18.7. The van der Waals surface area contributed by atoms with Gasteiger partial charge in [0.1, 0.15) is 6.20 Å². The number of aromatic nitrogens is 2. The number of piperidine rings is 1. The molecule has 146 valence electrons. The fourth-order valence-corrected chi connectivity index (χ4v) is 5.24. The molecule has 2 atom stereocenters. The third kappa shape index (κ3) is 2.61. The van der Waals surface area contributed by atoms with E-state index in [1.807, 2.05) is 0 Å². The van der Waals surface area contributed by atoms with E-state index in [4.69, 9.17) is 0 Å². The SMILES string of the molecule is O=C(c1cnon1)N1CCC2(CC1)c1ccccc1[C@@H](N1CC=CCC1)[C@@H]2O. The lowest BCUT2D eigenvalue weighted by Crippen LogP contribution is -2.51. The molecular formula is C21H24N4O3. The third-order valence-corrected chi connectivity index (χ3v) is 6.69. The Morgan fingerprint density at radius 1 is 1.18 bits per heavy atom. The third-order valence-electron chi connectivity index (χ3n) is 6.69. The molecule has 3 heterocycles. The number of nitrogens with zero attached hydrogens (tertiary/aromatic N) is 4. The van der Waals surface area contributed by atoms with Crippen molar-refractivity contribution in [3.8, 4) is 0 Å². The summed E-state index contributed by atoms with van der Waals surface area (Å²) in [6.07, 6.45) is 7.78. The van der Waals surface area contributed by atoms with Gasteiger partial charge in [-0.25, -0.2) is 4.63 Å². The summed E-state index contributed by atoms with van der Waals surface area (Å²) in [6, 6.07) is 8.47. The molecule has 1 N–H and O–H groups in total. The molecule has 0 saturated carbocycles. The minimum absolute atomic E-state index is 0.0168. The highest BCUT2D eigenvalue weighted by Crippen LogP contribution is 2.53. The van der Waals surface area contributed by atoms with E-state index < -0.39 is 6.10 Å². The highest BCUT2D eigenvalue weighted by molar-refractivity contribution is 5.91. The number of hydrogen-bond acceptors (Lipinski definition) is 6. The summed E-state index contributed by atoms with van der Waals surface area (Å²) in [6.45, 7) is 3.01. The van der Waals surface area contributed by atoms with Crippen LogP contribution >= 0.6 is 0 Å². The molecule has 7 heteroatoms.